The molecule has 2 heterocycles. The van der Waals surface area contributed by atoms with E-state index in [1.54, 1.807) is 17.1 Å². The second-order valence-corrected chi connectivity index (χ2v) is 4.28. The van der Waals surface area contributed by atoms with Gasteiger partial charge in [-0.3, -0.25) is 9.48 Å². The van der Waals surface area contributed by atoms with Gasteiger partial charge >= 0.3 is 0 Å². The smallest absolute Gasteiger partial charge is 0.245 e. The summed E-state index contributed by atoms with van der Waals surface area (Å²) in [5.74, 6) is 0.00201. The lowest BCUT2D eigenvalue weighted by Crippen LogP contribution is -2.30. The molecule has 1 aliphatic rings. The fourth-order valence-electron chi connectivity index (χ4n) is 1.81. The van der Waals surface area contributed by atoms with Crippen molar-refractivity contribution in [2.75, 3.05) is 13.1 Å². The maximum absolute atomic E-state index is 11.9. The van der Waals surface area contributed by atoms with Crippen molar-refractivity contribution in [1.82, 2.24) is 14.7 Å². The van der Waals surface area contributed by atoms with Crippen molar-refractivity contribution in [3.8, 4) is 0 Å². The van der Waals surface area contributed by atoms with Gasteiger partial charge in [0.2, 0.25) is 5.91 Å². The summed E-state index contributed by atoms with van der Waals surface area (Å²) in [6.45, 7) is 1.67. The van der Waals surface area contributed by atoms with Crippen LogP contribution in [-0.2, 0) is 11.8 Å². The van der Waals surface area contributed by atoms with E-state index < -0.39 is 5.38 Å². The highest BCUT2D eigenvalue weighted by Gasteiger charge is 2.26. The van der Waals surface area contributed by atoms with Gasteiger partial charge in [0, 0.05) is 31.9 Å². The van der Waals surface area contributed by atoms with Crippen molar-refractivity contribution in [3.05, 3.63) is 18.0 Å². The quantitative estimate of drug-likeness (QED) is 0.715. The molecular formula is C10H14ClN3O. The first-order chi connectivity index (χ1) is 7.18. The van der Waals surface area contributed by atoms with Crippen molar-refractivity contribution in [2.45, 2.75) is 18.2 Å². The number of carbonyl (C=O) groups excluding carboxylic acids is 1. The van der Waals surface area contributed by atoms with Crippen LogP contribution in [0.5, 0.6) is 0 Å². The molecule has 0 N–H and O–H groups in total. The van der Waals surface area contributed by atoms with Gasteiger partial charge in [-0.2, -0.15) is 5.10 Å². The van der Waals surface area contributed by atoms with Crippen LogP contribution in [0.25, 0.3) is 0 Å². The first kappa shape index (κ1) is 10.5. The molecular weight excluding hydrogens is 214 g/mol. The summed E-state index contributed by atoms with van der Waals surface area (Å²) in [6.07, 6.45) is 5.60. The molecule has 1 saturated heterocycles. The van der Waals surface area contributed by atoms with Crippen molar-refractivity contribution in [3.63, 3.8) is 0 Å². The normalized spacial score (nSPS) is 18.1. The van der Waals surface area contributed by atoms with Crippen molar-refractivity contribution < 1.29 is 4.79 Å². The molecule has 0 aliphatic carbocycles. The Bertz CT molecular complexity index is 357. The Kier molecular flexibility index (Phi) is 2.95. The summed E-state index contributed by atoms with van der Waals surface area (Å²) >= 11 is 6.11. The van der Waals surface area contributed by atoms with E-state index in [0.29, 0.717) is 0 Å². The highest BCUT2D eigenvalue weighted by atomic mass is 35.5. The summed E-state index contributed by atoms with van der Waals surface area (Å²) in [5.41, 5.74) is 0.774. The average molecular weight is 228 g/mol. The lowest BCUT2D eigenvalue weighted by molar-refractivity contribution is -0.129. The van der Waals surface area contributed by atoms with Crippen molar-refractivity contribution >= 4 is 17.5 Å². The minimum Gasteiger partial charge on any atom is -0.341 e. The van der Waals surface area contributed by atoms with Gasteiger partial charge in [-0.25, -0.2) is 0 Å². The Balaban J connectivity index is 2.06. The summed E-state index contributed by atoms with van der Waals surface area (Å²) < 4.78 is 1.65. The number of halogens is 1. The van der Waals surface area contributed by atoms with E-state index in [-0.39, 0.29) is 5.91 Å². The summed E-state index contributed by atoms with van der Waals surface area (Å²) in [6, 6.07) is 0. The molecule has 1 unspecified atom stereocenters. The fraction of sp³-hybridized carbons (Fsp3) is 0.600. The topological polar surface area (TPSA) is 38.1 Å². The number of nitrogens with zero attached hydrogens (tertiary/aromatic N) is 3. The van der Waals surface area contributed by atoms with E-state index in [4.69, 9.17) is 11.6 Å². The number of alkyl halides is 1. The number of hydrogen-bond donors (Lipinski definition) is 0. The fourth-order valence-corrected chi connectivity index (χ4v) is 2.06. The molecule has 1 aliphatic heterocycles. The lowest BCUT2D eigenvalue weighted by Gasteiger charge is -2.17. The third-order valence-electron chi connectivity index (χ3n) is 2.65. The lowest BCUT2D eigenvalue weighted by atomic mass is 10.2. The molecule has 0 spiro atoms. The van der Waals surface area contributed by atoms with Crippen molar-refractivity contribution in [1.29, 1.82) is 0 Å². The summed E-state index contributed by atoms with van der Waals surface area (Å²) in [5, 5.41) is 3.42. The standard InChI is InChI=1S/C10H14ClN3O/c1-13-7-8(6-12-13)9(11)10(15)14-4-2-3-5-14/h6-7,9H,2-5H2,1H3. The van der Waals surface area contributed by atoms with Gasteiger partial charge in [0.25, 0.3) is 0 Å². The van der Waals surface area contributed by atoms with Crippen LogP contribution < -0.4 is 0 Å². The number of rotatable bonds is 2. The van der Waals surface area contributed by atoms with Gasteiger partial charge < -0.3 is 4.90 Å². The molecule has 0 radical (unpaired) electrons. The maximum atomic E-state index is 11.9. The van der Waals surface area contributed by atoms with Gasteiger partial charge in [-0.05, 0) is 12.8 Å². The monoisotopic (exact) mass is 227 g/mol. The van der Waals surface area contributed by atoms with Crippen LogP contribution >= 0.6 is 11.6 Å². The number of amides is 1. The zero-order chi connectivity index (χ0) is 10.8. The molecule has 0 aromatic carbocycles. The average Bonchev–Trinajstić information content (AvgIpc) is 2.85. The second-order valence-electron chi connectivity index (χ2n) is 3.84. The molecule has 15 heavy (non-hydrogen) atoms. The number of carbonyl (C=O) groups is 1. The van der Waals surface area contributed by atoms with Crippen LogP contribution in [0.4, 0.5) is 0 Å². The van der Waals surface area contributed by atoms with E-state index in [1.807, 2.05) is 11.9 Å². The first-order valence-electron chi connectivity index (χ1n) is 5.10. The predicted molar refractivity (Wildman–Crippen MR) is 57.6 cm³/mol. The molecule has 1 aromatic heterocycles. The zero-order valence-corrected chi connectivity index (χ0v) is 9.44. The molecule has 82 valence electrons. The number of aromatic nitrogens is 2. The Hall–Kier alpha value is -1.03. The molecule has 5 heteroatoms. The molecule has 1 atom stereocenters. The van der Waals surface area contributed by atoms with Gasteiger partial charge in [-0.15, -0.1) is 11.6 Å². The predicted octanol–water partition coefficient (Wildman–Crippen LogP) is 1.32. The summed E-state index contributed by atoms with van der Waals surface area (Å²) in [4.78, 5) is 13.7. The van der Waals surface area contributed by atoms with Gasteiger partial charge in [0.15, 0.2) is 0 Å². The molecule has 1 aromatic rings. The Morgan fingerprint density at radius 1 is 1.53 bits per heavy atom. The third-order valence-corrected chi connectivity index (χ3v) is 3.09. The zero-order valence-electron chi connectivity index (χ0n) is 8.69. The molecule has 4 nitrogen and oxygen atoms in total. The maximum Gasteiger partial charge on any atom is 0.245 e. The van der Waals surface area contributed by atoms with E-state index >= 15 is 0 Å². The van der Waals surface area contributed by atoms with E-state index in [1.165, 1.54) is 0 Å². The van der Waals surface area contributed by atoms with Crippen molar-refractivity contribution in [2.24, 2.45) is 7.05 Å². The minimum atomic E-state index is -0.586. The van der Waals surface area contributed by atoms with E-state index in [0.717, 1.165) is 31.5 Å². The van der Waals surface area contributed by atoms with Gasteiger partial charge in [0.05, 0.1) is 6.20 Å². The van der Waals surface area contributed by atoms with Crippen LogP contribution in [0.15, 0.2) is 12.4 Å². The van der Waals surface area contributed by atoms with Crippen LogP contribution in [0.3, 0.4) is 0 Å². The number of aryl methyl sites for hydroxylation is 1. The third kappa shape index (κ3) is 2.15. The number of hydrogen-bond acceptors (Lipinski definition) is 2. The number of likely N-dealkylation sites (tertiary alicyclic amines) is 1. The van der Waals surface area contributed by atoms with Gasteiger partial charge in [-0.1, -0.05) is 0 Å². The molecule has 0 saturated carbocycles. The van der Waals surface area contributed by atoms with Gasteiger partial charge in [0.1, 0.15) is 5.38 Å². The Morgan fingerprint density at radius 3 is 2.73 bits per heavy atom. The largest absolute Gasteiger partial charge is 0.341 e. The SMILES string of the molecule is Cn1cc(C(Cl)C(=O)N2CCCC2)cn1. The minimum absolute atomic E-state index is 0.00201. The van der Waals surface area contributed by atoms with Crippen LogP contribution in [0.2, 0.25) is 0 Å². The molecule has 0 bridgehead atoms. The highest BCUT2D eigenvalue weighted by Crippen LogP contribution is 2.24. The summed E-state index contributed by atoms with van der Waals surface area (Å²) in [7, 11) is 1.81. The Morgan fingerprint density at radius 2 is 2.20 bits per heavy atom. The van der Waals surface area contributed by atoms with Crippen LogP contribution in [-0.4, -0.2) is 33.7 Å². The highest BCUT2D eigenvalue weighted by molar-refractivity contribution is 6.30. The van der Waals surface area contributed by atoms with Crippen LogP contribution in [0.1, 0.15) is 23.8 Å². The van der Waals surface area contributed by atoms with E-state index in [9.17, 15) is 4.79 Å². The second kappa shape index (κ2) is 4.23. The molecule has 2 rings (SSSR count). The Labute approximate surface area is 93.8 Å². The molecule has 1 fully saturated rings. The van der Waals surface area contributed by atoms with Crippen LogP contribution in [0, 0.1) is 0 Å². The van der Waals surface area contributed by atoms with E-state index in [2.05, 4.69) is 5.10 Å². The first-order valence-corrected chi connectivity index (χ1v) is 5.53. The molecule has 1 amide bonds.